The number of carbonyl (C=O) groups is 2. The summed E-state index contributed by atoms with van der Waals surface area (Å²) in [6.45, 7) is 0.396. The molecule has 35 heavy (non-hydrogen) atoms. The first-order valence-electron chi connectivity index (χ1n) is 11.4. The van der Waals surface area contributed by atoms with Crippen LogP contribution in [0.25, 0.3) is 10.8 Å². The monoisotopic (exact) mass is 471 g/mol. The maximum atomic E-state index is 13.4. The van der Waals surface area contributed by atoms with Crippen LogP contribution in [0.1, 0.15) is 34.0 Å². The maximum absolute atomic E-state index is 13.4. The molecule has 0 aliphatic carbocycles. The molecule has 0 fully saturated rings. The van der Waals surface area contributed by atoms with Crippen molar-refractivity contribution in [3.05, 3.63) is 114 Å². The lowest BCUT2D eigenvalue weighted by Crippen LogP contribution is -2.28. The van der Waals surface area contributed by atoms with Gasteiger partial charge in [-0.05, 0) is 59.8 Å². The first kappa shape index (κ1) is 24.1. The molecular formula is C29H26FNO4. The number of ketones is 1. The molecule has 0 bridgehead atoms. The number of likely N-dealkylation sites (N-methyl/N-ethyl adjacent to an activating group) is 1. The highest BCUT2D eigenvalue weighted by atomic mass is 19.1. The third-order valence-corrected chi connectivity index (χ3v) is 5.85. The molecule has 178 valence electrons. The van der Waals surface area contributed by atoms with Crippen LogP contribution in [0.2, 0.25) is 0 Å². The normalized spacial score (nSPS) is 12.0. The third-order valence-electron chi connectivity index (χ3n) is 5.85. The van der Waals surface area contributed by atoms with E-state index in [1.165, 1.54) is 12.1 Å². The van der Waals surface area contributed by atoms with Gasteiger partial charge in [0, 0.05) is 24.1 Å². The van der Waals surface area contributed by atoms with E-state index in [1.807, 2.05) is 42.5 Å². The fourth-order valence-corrected chi connectivity index (χ4v) is 4.05. The minimum absolute atomic E-state index is 0.0706. The molecule has 6 heteroatoms. The van der Waals surface area contributed by atoms with Crippen molar-refractivity contribution >= 4 is 22.5 Å². The second kappa shape index (κ2) is 10.9. The van der Waals surface area contributed by atoms with Crippen LogP contribution in [0.5, 0.6) is 5.75 Å². The zero-order valence-corrected chi connectivity index (χ0v) is 19.4. The fourth-order valence-electron chi connectivity index (χ4n) is 4.05. The SMILES string of the molecule is CN(CCC(Oc1ccc(C(=O)c2cccc3ccccc23)cc1)c1ccc(F)cc1)CC(=O)O. The molecule has 0 spiro atoms. The molecule has 0 saturated heterocycles. The van der Waals surface area contributed by atoms with Crippen molar-refractivity contribution in [2.75, 3.05) is 20.1 Å². The number of hydrogen-bond acceptors (Lipinski definition) is 4. The van der Waals surface area contributed by atoms with Gasteiger partial charge in [-0.15, -0.1) is 0 Å². The fraction of sp³-hybridized carbons (Fsp3) is 0.172. The molecule has 5 nitrogen and oxygen atoms in total. The number of ether oxygens (including phenoxy) is 1. The molecule has 1 unspecified atom stereocenters. The van der Waals surface area contributed by atoms with Gasteiger partial charge in [0.1, 0.15) is 17.7 Å². The summed E-state index contributed by atoms with van der Waals surface area (Å²) >= 11 is 0. The number of hydrogen-bond donors (Lipinski definition) is 1. The first-order valence-corrected chi connectivity index (χ1v) is 11.4. The standard InChI is InChI=1S/C29H26FNO4/c1-31(19-28(32)33)18-17-27(21-9-13-23(30)14-10-21)35-24-15-11-22(12-16-24)29(34)26-8-4-6-20-5-2-3-7-25(20)26/h2-16,27H,17-19H2,1H3,(H,32,33). The predicted octanol–water partition coefficient (Wildman–Crippen LogP) is 5.74. The molecule has 0 aliphatic heterocycles. The molecule has 4 aromatic rings. The number of carbonyl (C=O) groups excluding carboxylic acids is 1. The Kier molecular flexibility index (Phi) is 7.53. The number of carboxylic acid groups (broad SMARTS) is 1. The molecule has 1 N–H and O–H groups in total. The molecule has 0 radical (unpaired) electrons. The van der Waals surface area contributed by atoms with Gasteiger partial charge in [0.15, 0.2) is 5.78 Å². The number of carboxylic acids is 1. The van der Waals surface area contributed by atoms with Gasteiger partial charge in [-0.25, -0.2) is 4.39 Å². The van der Waals surface area contributed by atoms with E-state index < -0.39 is 12.1 Å². The van der Waals surface area contributed by atoms with Gasteiger partial charge in [0.25, 0.3) is 0 Å². The van der Waals surface area contributed by atoms with Crippen LogP contribution in [0.4, 0.5) is 4.39 Å². The Labute approximate surface area is 203 Å². The highest BCUT2D eigenvalue weighted by molar-refractivity contribution is 6.16. The minimum Gasteiger partial charge on any atom is -0.486 e. The topological polar surface area (TPSA) is 66.8 Å². The Balaban J connectivity index is 1.52. The smallest absolute Gasteiger partial charge is 0.317 e. The Bertz CT molecular complexity index is 1310. The molecule has 0 aliphatic rings. The van der Waals surface area contributed by atoms with E-state index in [0.717, 1.165) is 16.3 Å². The predicted molar refractivity (Wildman–Crippen MR) is 133 cm³/mol. The summed E-state index contributed by atoms with van der Waals surface area (Å²) in [5, 5.41) is 10.9. The quantitative estimate of drug-likeness (QED) is 0.299. The zero-order chi connectivity index (χ0) is 24.8. The molecule has 4 rings (SSSR count). The minimum atomic E-state index is -0.904. The highest BCUT2D eigenvalue weighted by Crippen LogP contribution is 2.27. The van der Waals surface area contributed by atoms with Crippen LogP contribution in [0.3, 0.4) is 0 Å². The van der Waals surface area contributed by atoms with E-state index in [2.05, 4.69) is 0 Å². The van der Waals surface area contributed by atoms with Crippen molar-refractivity contribution < 1.29 is 23.8 Å². The van der Waals surface area contributed by atoms with Crippen LogP contribution >= 0.6 is 0 Å². The van der Waals surface area contributed by atoms with Crippen LogP contribution in [-0.2, 0) is 4.79 Å². The van der Waals surface area contributed by atoms with Crippen molar-refractivity contribution in [3.8, 4) is 5.75 Å². The first-order chi connectivity index (χ1) is 16.9. The van der Waals surface area contributed by atoms with Crippen molar-refractivity contribution in [1.29, 1.82) is 0 Å². The summed E-state index contributed by atoms with van der Waals surface area (Å²) < 4.78 is 19.6. The van der Waals surface area contributed by atoms with Gasteiger partial charge in [0.05, 0.1) is 6.54 Å². The zero-order valence-electron chi connectivity index (χ0n) is 19.4. The van der Waals surface area contributed by atoms with Gasteiger partial charge in [-0.2, -0.15) is 0 Å². The van der Waals surface area contributed by atoms with Crippen LogP contribution in [0.15, 0.2) is 91.0 Å². The summed E-state index contributed by atoms with van der Waals surface area (Å²) in [5.41, 5.74) is 1.97. The third kappa shape index (κ3) is 6.11. The molecule has 0 saturated carbocycles. The second-order valence-corrected chi connectivity index (χ2v) is 8.46. The molecular weight excluding hydrogens is 445 g/mol. The molecule has 0 aromatic heterocycles. The van der Waals surface area contributed by atoms with Gasteiger partial charge in [-0.3, -0.25) is 14.5 Å². The van der Waals surface area contributed by atoms with Crippen molar-refractivity contribution in [1.82, 2.24) is 4.90 Å². The Morgan fingerprint density at radius 2 is 1.60 bits per heavy atom. The van der Waals surface area contributed by atoms with E-state index in [4.69, 9.17) is 9.84 Å². The van der Waals surface area contributed by atoms with Crippen LogP contribution in [0, 0.1) is 5.82 Å². The Morgan fingerprint density at radius 1 is 0.914 bits per heavy atom. The highest BCUT2D eigenvalue weighted by Gasteiger charge is 2.17. The Morgan fingerprint density at radius 3 is 2.31 bits per heavy atom. The summed E-state index contributed by atoms with van der Waals surface area (Å²) in [6, 6.07) is 26.5. The largest absolute Gasteiger partial charge is 0.486 e. The lowest BCUT2D eigenvalue weighted by atomic mass is 9.97. The molecule has 0 heterocycles. The maximum Gasteiger partial charge on any atom is 0.317 e. The summed E-state index contributed by atoms with van der Waals surface area (Å²) in [7, 11) is 1.73. The molecule has 1 atom stereocenters. The summed E-state index contributed by atoms with van der Waals surface area (Å²) in [6.07, 6.45) is 0.0954. The van der Waals surface area contributed by atoms with Gasteiger partial charge in [0.2, 0.25) is 0 Å². The van der Waals surface area contributed by atoms with Crippen molar-refractivity contribution in [2.45, 2.75) is 12.5 Å². The van der Waals surface area contributed by atoms with E-state index >= 15 is 0 Å². The summed E-state index contributed by atoms with van der Waals surface area (Å²) in [4.78, 5) is 25.8. The number of rotatable bonds is 10. The average Bonchev–Trinajstić information content (AvgIpc) is 2.86. The van der Waals surface area contributed by atoms with Gasteiger partial charge < -0.3 is 9.84 Å². The number of aliphatic carboxylic acids is 1. The van der Waals surface area contributed by atoms with E-state index in [-0.39, 0.29) is 18.1 Å². The second-order valence-electron chi connectivity index (χ2n) is 8.46. The van der Waals surface area contributed by atoms with Crippen molar-refractivity contribution in [3.63, 3.8) is 0 Å². The van der Waals surface area contributed by atoms with Gasteiger partial charge >= 0.3 is 5.97 Å². The van der Waals surface area contributed by atoms with E-state index in [9.17, 15) is 14.0 Å². The van der Waals surface area contributed by atoms with E-state index in [0.29, 0.717) is 29.8 Å². The average molecular weight is 472 g/mol. The molecule has 4 aromatic carbocycles. The van der Waals surface area contributed by atoms with E-state index in [1.54, 1.807) is 48.3 Å². The number of nitrogens with zero attached hydrogens (tertiary/aromatic N) is 1. The van der Waals surface area contributed by atoms with Crippen LogP contribution in [-0.4, -0.2) is 41.9 Å². The lowest BCUT2D eigenvalue weighted by molar-refractivity contribution is -0.138. The lowest BCUT2D eigenvalue weighted by Gasteiger charge is -2.22. The number of fused-ring (bicyclic) bond motifs is 1. The summed E-state index contributed by atoms with van der Waals surface area (Å²) in [5.74, 6) is -0.751. The Hall–Kier alpha value is -4.03. The van der Waals surface area contributed by atoms with Crippen LogP contribution < -0.4 is 4.74 Å². The number of benzene rings is 4. The van der Waals surface area contributed by atoms with Gasteiger partial charge in [-0.1, -0.05) is 54.6 Å². The molecule has 0 amide bonds. The number of halogens is 1. The van der Waals surface area contributed by atoms with Crippen molar-refractivity contribution in [2.24, 2.45) is 0 Å².